The monoisotopic (exact) mass is 347 g/mol. The fourth-order valence-electron chi connectivity index (χ4n) is 2.35. The summed E-state index contributed by atoms with van der Waals surface area (Å²) in [5, 5.41) is 2.89. The number of carbonyl (C=O) groups is 1. The normalized spacial score (nSPS) is 16.3. The fourth-order valence-corrected chi connectivity index (χ4v) is 3.14. The molecule has 6 nitrogen and oxygen atoms in total. The van der Waals surface area contributed by atoms with Crippen LogP contribution in [0.5, 0.6) is 0 Å². The van der Waals surface area contributed by atoms with Gasteiger partial charge in [0.1, 0.15) is 0 Å². The lowest BCUT2D eigenvalue weighted by atomic mass is 9.98. The molecule has 0 aliphatic carbocycles. The molecule has 8 heteroatoms. The number of hydrogen-bond donors (Lipinski definition) is 2. The molecule has 22 heavy (non-hydrogen) atoms. The third-order valence-corrected chi connectivity index (χ3v) is 5.01. The van der Waals surface area contributed by atoms with Crippen LogP contribution in [-0.4, -0.2) is 38.0 Å². The third-order valence-electron chi connectivity index (χ3n) is 3.76. The van der Waals surface area contributed by atoms with Gasteiger partial charge in [0.2, 0.25) is 15.9 Å². The van der Waals surface area contributed by atoms with E-state index in [0.29, 0.717) is 26.1 Å². The molecule has 1 unspecified atom stereocenters. The molecule has 0 saturated carbocycles. The molecule has 1 amide bonds. The lowest BCUT2D eigenvalue weighted by Gasteiger charge is -2.28. The van der Waals surface area contributed by atoms with Gasteiger partial charge in [-0.3, -0.25) is 4.79 Å². The fraction of sp³-hybridized carbons (Fsp3) is 0.500. The summed E-state index contributed by atoms with van der Waals surface area (Å²) in [6.07, 6.45) is 1.81. The van der Waals surface area contributed by atoms with Crippen molar-refractivity contribution in [2.24, 2.45) is 11.7 Å². The number of halogens is 1. The van der Waals surface area contributed by atoms with E-state index in [0.717, 1.165) is 16.8 Å². The number of nitrogens with one attached hydrogen (secondary N) is 1. The first-order valence-electron chi connectivity index (χ1n) is 6.89. The van der Waals surface area contributed by atoms with Gasteiger partial charge >= 0.3 is 0 Å². The Bertz CT molecular complexity index is 649. The molecule has 0 fully saturated rings. The first kappa shape index (κ1) is 18.9. The van der Waals surface area contributed by atoms with E-state index >= 15 is 0 Å². The Morgan fingerprint density at radius 3 is 2.73 bits per heavy atom. The highest BCUT2D eigenvalue weighted by Crippen LogP contribution is 2.27. The molecule has 0 spiro atoms. The number of rotatable bonds is 4. The molecule has 1 aliphatic rings. The molecule has 0 saturated heterocycles. The van der Waals surface area contributed by atoms with Crippen LogP contribution in [0.3, 0.4) is 0 Å². The average Bonchev–Trinajstić information content (AvgIpc) is 2.45. The minimum atomic E-state index is -3.19. The largest absolute Gasteiger partial charge is 0.330 e. The van der Waals surface area contributed by atoms with Crippen molar-refractivity contribution in [2.45, 2.75) is 19.9 Å². The van der Waals surface area contributed by atoms with Crippen LogP contribution in [0.2, 0.25) is 0 Å². The van der Waals surface area contributed by atoms with Crippen LogP contribution in [0, 0.1) is 5.92 Å². The Morgan fingerprint density at radius 2 is 2.14 bits per heavy atom. The topological polar surface area (TPSA) is 92.5 Å². The molecular formula is C14H22ClN3O3S. The van der Waals surface area contributed by atoms with E-state index in [-0.39, 0.29) is 24.2 Å². The average molecular weight is 348 g/mol. The summed E-state index contributed by atoms with van der Waals surface area (Å²) in [5.41, 5.74) is 8.20. The molecule has 3 N–H and O–H groups in total. The number of anilines is 1. The lowest BCUT2D eigenvalue weighted by molar-refractivity contribution is -0.119. The number of carbonyl (C=O) groups excluding carboxylic acids is 1. The zero-order valence-electron chi connectivity index (χ0n) is 12.7. The van der Waals surface area contributed by atoms with Crippen LogP contribution < -0.4 is 11.1 Å². The van der Waals surface area contributed by atoms with Gasteiger partial charge in [0.05, 0.1) is 6.26 Å². The highest BCUT2D eigenvalue weighted by atomic mass is 35.5. The van der Waals surface area contributed by atoms with Crippen molar-refractivity contribution in [1.82, 2.24) is 4.31 Å². The summed E-state index contributed by atoms with van der Waals surface area (Å²) >= 11 is 0. The Hall–Kier alpha value is -1.15. The number of sulfonamides is 1. The Labute approximate surface area is 137 Å². The zero-order valence-corrected chi connectivity index (χ0v) is 14.3. The predicted molar refractivity (Wildman–Crippen MR) is 89.5 cm³/mol. The molecule has 1 aromatic rings. The number of amides is 1. The SMILES string of the molecule is CC(CN)C(=O)Nc1cccc2c1CCN(S(C)(=O)=O)C2.Cl. The summed E-state index contributed by atoms with van der Waals surface area (Å²) < 4.78 is 24.7. The maximum Gasteiger partial charge on any atom is 0.228 e. The van der Waals surface area contributed by atoms with Crippen LogP contribution in [-0.2, 0) is 27.8 Å². The molecular weight excluding hydrogens is 326 g/mol. The summed E-state index contributed by atoms with van der Waals surface area (Å²) in [7, 11) is -3.19. The summed E-state index contributed by atoms with van der Waals surface area (Å²) in [6.45, 7) is 2.86. The standard InChI is InChI=1S/C14H21N3O3S.ClH/c1-10(8-15)14(18)16-13-5-3-4-11-9-17(21(2,19)20)7-6-12(11)13;/h3-5,10H,6-9,15H2,1-2H3,(H,16,18);1H. The maximum atomic E-state index is 12.0. The van der Waals surface area contributed by atoms with Gasteiger partial charge < -0.3 is 11.1 Å². The zero-order chi connectivity index (χ0) is 15.6. The molecule has 2 rings (SSSR count). The second kappa shape index (κ2) is 7.41. The van der Waals surface area contributed by atoms with Gasteiger partial charge in [0.15, 0.2) is 0 Å². The number of fused-ring (bicyclic) bond motifs is 1. The Balaban J connectivity index is 0.00000242. The molecule has 0 aromatic heterocycles. The van der Waals surface area contributed by atoms with E-state index in [1.165, 1.54) is 10.6 Å². The van der Waals surface area contributed by atoms with Crippen molar-refractivity contribution in [3.8, 4) is 0 Å². The van der Waals surface area contributed by atoms with Gasteiger partial charge in [-0.15, -0.1) is 12.4 Å². The summed E-state index contributed by atoms with van der Waals surface area (Å²) in [6, 6.07) is 5.57. The highest BCUT2D eigenvalue weighted by Gasteiger charge is 2.25. The summed E-state index contributed by atoms with van der Waals surface area (Å²) in [4.78, 5) is 12.0. The predicted octanol–water partition coefficient (Wildman–Crippen LogP) is 0.959. The van der Waals surface area contributed by atoms with Crippen LogP contribution in [0.15, 0.2) is 18.2 Å². The molecule has 1 atom stereocenters. The van der Waals surface area contributed by atoms with Crippen LogP contribution in [0.4, 0.5) is 5.69 Å². The van der Waals surface area contributed by atoms with E-state index in [9.17, 15) is 13.2 Å². The van der Waals surface area contributed by atoms with Crippen molar-refractivity contribution < 1.29 is 13.2 Å². The minimum absolute atomic E-state index is 0. The van der Waals surface area contributed by atoms with Gasteiger partial charge in [0.25, 0.3) is 0 Å². The van der Waals surface area contributed by atoms with Gasteiger partial charge in [0, 0.05) is 31.2 Å². The molecule has 124 valence electrons. The molecule has 1 aromatic carbocycles. The second-order valence-electron chi connectivity index (χ2n) is 5.42. The number of nitrogens with two attached hydrogens (primary N) is 1. The van der Waals surface area contributed by atoms with Crippen LogP contribution >= 0.6 is 12.4 Å². The van der Waals surface area contributed by atoms with Crippen molar-refractivity contribution in [2.75, 3.05) is 24.7 Å². The van der Waals surface area contributed by atoms with E-state index in [1.54, 1.807) is 6.92 Å². The minimum Gasteiger partial charge on any atom is -0.330 e. The lowest BCUT2D eigenvalue weighted by Crippen LogP contribution is -2.35. The van der Waals surface area contributed by atoms with Crippen LogP contribution in [0.25, 0.3) is 0 Å². The van der Waals surface area contributed by atoms with E-state index in [2.05, 4.69) is 5.32 Å². The first-order valence-corrected chi connectivity index (χ1v) is 8.74. The third kappa shape index (κ3) is 4.19. The molecule has 1 aliphatic heterocycles. The number of nitrogens with zero attached hydrogens (tertiary/aromatic N) is 1. The quantitative estimate of drug-likeness (QED) is 0.848. The summed E-state index contributed by atoms with van der Waals surface area (Å²) in [5.74, 6) is -0.367. The van der Waals surface area contributed by atoms with Crippen molar-refractivity contribution in [3.05, 3.63) is 29.3 Å². The number of benzene rings is 1. The maximum absolute atomic E-state index is 12.0. The van der Waals surface area contributed by atoms with Crippen molar-refractivity contribution >= 4 is 34.0 Å². The van der Waals surface area contributed by atoms with E-state index in [1.807, 2.05) is 18.2 Å². The first-order chi connectivity index (χ1) is 9.82. The van der Waals surface area contributed by atoms with Gasteiger partial charge in [-0.25, -0.2) is 8.42 Å². The van der Waals surface area contributed by atoms with Crippen molar-refractivity contribution in [3.63, 3.8) is 0 Å². The van der Waals surface area contributed by atoms with E-state index in [4.69, 9.17) is 5.73 Å². The Kier molecular flexibility index (Phi) is 6.37. The Morgan fingerprint density at radius 1 is 1.45 bits per heavy atom. The highest BCUT2D eigenvalue weighted by molar-refractivity contribution is 7.88. The van der Waals surface area contributed by atoms with Crippen LogP contribution in [0.1, 0.15) is 18.1 Å². The van der Waals surface area contributed by atoms with Gasteiger partial charge in [-0.05, 0) is 23.6 Å². The molecule has 1 heterocycles. The van der Waals surface area contributed by atoms with E-state index < -0.39 is 10.0 Å². The molecule has 0 radical (unpaired) electrons. The van der Waals surface area contributed by atoms with Crippen molar-refractivity contribution in [1.29, 1.82) is 0 Å². The van der Waals surface area contributed by atoms with Gasteiger partial charge in [-0.1, -0.05) is 19.1 Å². The number of hydrogen-bond acceptors (Lipinski definition) is 4. The van der Waals surface area contributed by atoms with Gasteiger partial charge in [-0.2, -0.15) is 4.31 Å². The second-order valence-corrected chi connectivity index (χ2v) is 7.40. The smallest absolute Gasteiger partial charge is 0.228 e. The molecule has 0 bridgehead atoms.